The zero-order chi connectivity index (χ0) is 15.2. The molecule has 0 atom stereocenters. The van der Waals surface area contributed by atoms with E-state index < -0.39 is 5.97 Å². The Morgan fingerprint density at radius 2 is 1.76 bits per heavy atom. The van der Waals surface area contributed by atoms with Crippen LogP contribution in [0.1, 0.15) is 15.9 Å². The monoisotopic (exact) mass is 284 g/mol. The number of carboxylic acid groups (broad SMARTS) is 1. The number of rotatable bonds is 5. The quantitative estimate of drug-likeness (QED) is 0.896. The van der Waals surface area contributed by atoms with Crippen molar-refractivity contribution in [3.05, 3.63) is 59.7 Å². The maximum Gasteiger partial charge on any atom is 0.228 e. The Bertz CT molecular complexity index is 650. The Labute approximate surface area is 122 Å². The van der Waals surface area contributed by atoms with E-state index in [9.17, 15) is 14.7 Å². The first-order valence-electron chi connectivity index (χ1n) is 6.33. The summed E-state index contributed by atoms with van der Waals surface area (Å²) in [6, 6.07) is 13.2. The highest BCUT2D eigenvalue weighted by Gasteiger charge is 2.08. The molecule has 2 rings (SSSR count). The van der Waals surface area contributed by atoms with Crippen molar-refractivity contribution in [2.24, 2.45) is 0 Å². The van der Waals surface area contributed by atoms with Crippen LogP contribution < -0.4 is 15.2 Å². The molecule has 0 aliphatic carbocycles. The molecule has 0 saturated heterocycles. The number of carboxylic acids is 1. The SMILES string of the molecule is COc1ccc(CC(=O)Nc2ccccc2C(=O)[O-])cc1. The fourth-order valence-electron chi connectivity index (χ4n) is 1.89. The van der Waals surface area contributed by atoms with Crippen LogP contribution in [0.15, 0.2) is 48.5 Å². The summed E-state index contributed by atoms with van der Waals surface area (Å²) < 4.78 is 5.04. The van der Waals surface area contributed by atoms with Crippen LogP contribution in [0.4, 0.5) is 5.69 Å². The molecule has 2 aromatic carbocycles. The number of hydrogen-bond donors (Lipinski definition) is 1. The summed E-state index contributed by atoms with van der Waals surface area (Å²) in [7, 11) is 1.57. The van der Waals surface area contributed by atoms with Crippen molar-refractivity contribution in [1.82, 2.24) is 0 Å². The summed E-state index contributed by atoms with van der Waals surface area (Å²) in [5, 5.41) is 13.5. The van der Waals surface area contributed by atoms with Crippen molar-refractivity contribution in [1.29, 1.82) is 0 Å². The highest BCUT2D eigenvalue weighted by Crippen LogP contribution is 2.16. The zero-order valence-electron chi connectivity index (χ0n) is 11.5. The van der Waals surface area contributed by atoms with Gasteiger partial charge in [0.15, 0.2) is 0 Å². The average Bonchev–Trinajstić information content (AvgIpc) is 2.48. The molecule has 0 heterocycles. The van der Waals surface area contributed by atoms with E-state index in [0.717, 1.165) is 5.56 Å². The number of ether oxygens (including phenoxy) is 1. The van der Waals surface area contributed by atoms with Gasteiger partial charge in [-0.2, -0.15) is 0 Å². The molecule has 0 radical (unpaired) electrons. The van der Waals surface area contributed by atoms with E-state index >= 15 is 0 Å². The maximum absolute atomic E-state index is 12.0. The predicted octanol–water partition coefficient (Wildman–Crippen LogP) is 1.24. The minimum absolute atomic E-state index is 0.0411. The Morgan fingerprint density at radius 3 is 2.38 bits per heavy atom. The third-order valence-electron chi connectivity index (χ3n) is 2.94. The van der Waals surface area contributed by atoms with E-state index in [-0.39, 0.29) is 23.6 Å². The molecule has 0 unspecified atom stereocenters. The lowest BCUT2D eigenvalue weighted by Gasteiger charge is -2.11. The Kier molecular flexibility index (Phi) is 4.56. The second-order valence-electron chi connectivity index (χ2n) is 4.41. The minimum atomic E-state index is -1.32. The molecular formula is C16H14NO4-. The van der Waals surface area contributed by atoms with Crippen LogP contribution >= 0.6 is 0 Å². The van der Waals surface area contributed by atoms with E-state index in [1.807, 2.05) is 0 Å². The lowest BCUT2D eigenvalue weighted by Crippen LogP contribution is -2.25. The Morgan fingerprint density at radius 1 is 1.10 bits per heavy atom. The van der Waals surface area contributed by atoms with Crippen LogP contribution in [0.5, 0.6) is 5.75 Å². The number of para-hydroxylation sites is 1. The molecule has 108 valence electrons. The molecule has 0 saturated carbocycles. The smallest absolute Gasteiger partial charge is 0.228 e. The Balaban J connectivity index is 2.06. The normalized spacial score (nSPS) is 9.95. The Hall–Kier alpha value is -2.82. The molecule has 21 heavy (non-hydrogen) atoms. The highest BCUT2D eigenvalue weighted by atomic mass is 16.5. The van der Waals surface area contributed by atoms with Gasteiger partial charge in [-0.1, -0.05) is 30.3 Å². The van der Waals surface area contributed by atoms with Gasteiger partial charge in [-0.05, 0) is 23.8 Å². The first-order valence-corrected chi connectivity index (χ1v) is 6.33. The average molecular weight is 284 g/mol. The molecule has 1 amide bonds. The number of carbonyl (C=O) groups is 2. The van der Waals surface area contributed by atoms with Gasteiger partial charge in [0.05, 0.1) is 19.5 Å². The van der Waals surface area contributed by atoms with Crippen molar-refractivity contribution in [3.63, 3.8) is 0 Å². The largest absolute Gasteiger partial charge is 0.545 e. The van der Waals surface area contributed by atoms with Crippen LogP contribution in [-0.2, 0) is 11.2 Å². The van der Waals surface area contributed by atoms with Gasteiger partial charge in [-0.15, -0.1) is 0 Å². The highest BCUT2D eigenvalue weighted by molar-refractivity contribution is 6.00. The molecule has 0 bridgehead atoms. The first-order chi connectivity index (χ1) is 10.1. The molecule has 2 aromatic rings. The van der Waals surface area contributed by atoms with E-state index in [2.05, 4.69) is 5.32 Å². The van der Waals surface area contributed by atoms with E-state index in [0.29, 0.717) is 5.75 Å². The number of nitrogens with one attached hydrogen (secondary N) is 1. The number of methoxy groups -OCH3 is 1. The van der Waals surface area contributed by atoms with Gasteiger partial charge >= 0.3 is 0 Å². The molecule has 5 heteroatoms. The molecule has 0 aliphatic heterocycles. The van der Waals surface area contributed by atoms with Crippen LogP contribution in [-0.4, -0.2) is 19.0 Å². The third-order valence-corrected chi connectivity index (χ3v) is 2.94. The number of carbonyl (C=O) groups excluding carboxylic acids is 2. The molecule has 0 fully saturated rings. The fraction of sp³-hybridized carbons (Fsp3) is 0.125. The summed E-state index contributed by atoms with van der Waals surface area (Å²) in [5.74, 6) is -0.911. The first kappa shape index (κ1) is 14.6. The van der Waals surface area contributed by atoms with Crippen molar-refractivity contribution in [2.75, 3.05) is 12.4 Å². The van der Waals surface area contributed by atoms with Crippen molar-refractivity contribution in [3.8, 4) is 5.75 Å². The molecule has 5 nitrogen and oxygen atoms in total. The maximum atomic E-state index is 12.0. The zero-order valence-corrected chi connectivity index (χ0v) is 11.5. The van der Waals surface area contributed by atoms with Gasteiger partial charge in [0.25, 0.3) is 0 Å². The summed E-state index contributed by atoms with van der Waals surface area (Å²) in [5.41, 5.74) is 0.996. The van der Waals surface area contributed by atoms with Gasteiger partial charge in [0.1, 0.15) is 5.75 Å². The molecular weight excluding hydrogens is 270 g/mol. The standard InChI is InChI=1S/C16H15NO4/c1-21-12-8-6-11(7-9-12)10-15(18)17-14-5-3-2-4-13(14)16(19)20/h2-9H,10H2,1H3,(H,17,18)(H,19,20)/p-1. The van der Waals surface area contributed by atoms with E-state index in [1.54, 1.807) is 43.5 Å². The fourth-order valence-corrected chi connectivity index (χ4v) is 1.89. The molecule has 0 aromatic heterocycles. The number of aromatic carboxylic acids is 1. The molecule has 0 spiro atoms. The van der Waals surface area contributed by atoms with E-state index in [4.69, 9.17) is 4.74 Å². The van der Waals surface area contributed by atoms with Crippen LogP contribution in [0.25, 0.3) is 0 Å². The number of benzene rings is 2. The minimum Gasteiger partial charge on any atom is -0.545 e. The van der Waals surface area contributed by atoms with Gasteiger partial charge in [0, 0.05) is 11.3 Å². The van der Waals surface area contributed by atoms with Crippen LogP contribution in [0.2, 0.25) is 0 Å². The van der Waals surface area contributed by atoms with Crippen molar-refractivity contribution >= 4 is 17.6 Å². The van der Waals surface area contributed by atoms with Gasteiger partial charge in [0.2, 0.25) is 5.91 Å². The molecule has 1 N–H and O–H groups in total. The summed E-state index contributed by atoms with van der Waals surface area (Å²) in [6.45, 7) is 0. The molecule has 0 aliphatic rings. The summed E-state index contributed by atoms with van der Waals surface area (Å²) in [6.07, 6.45) is 0.144. The summed E-state index contributed by atoms with van der Waals surface area (Å²) in [4.78, 5) is 22.9. The van der Waals surface area contributed by atoms with Crippen molar-refractivity contribution in [2.45, 2.75) is 6.42 Å². The lowest BCUT2D eigenvalue weighted by molar-refractivity contribution is -0.254. The number of amides is 1. The van der Waals surface area contributed by atoms with Crippen molar-refractivity contribution < 1.29 is 19.4 Å². The summed E-state index contributed by atoms with van der Waals surface area (Å²) >= 11 is 0. The van der Waals surface area contributed by atoms with Crippen LogP contribution in [0.3, 0.4) is 0 Å². The lowest BCUT2D eigenvalue weighted by atomic mass is 10.1. The second-order valence-corrected chi connectivity index (χ2v) is 4.41. The number of hydrogen-bond acceptors (Lipinski definition) is 4. The number of anilines is 1. The van der Waals surface area contributed by atoms with Crippen LogP contribution in [0, 0.1) is 0 Å². The van der Waals surface area contributed by atoms with Gasteiger partial charge in [-0.25, -0.2) is 0 Å². The third kappa shape index (κ3) is 3.82. The van der Waals surface area contributed by atoms with E-state index in [1.165, 1.54) is 12.1 Å². The second kappa shape index (κ2) is 6.56. The predicted molar refractivity (Wildman–Crippen MR) is 76.1 cm³/mol. The topological polar surface area (TPSA) is 78.5 Å². The van der Waals surface area contributed by atoms with Gasteiger partial charge in [-0.3, -0.25) is 4.79 Å². The van der Waals surface area contributed by atoms with Gasteiger partial charge < -0.3 is 20.0 Å².